The first-order valence-corrected chi connectivity index (χ1v) is 7.39. The number of anilines is 1. The summed E-state index contributed by atoms with van der Waals surface area (Å²) in [7, 11) is 0. The maximum atomic E-state index is 11.1. The van der Waals surface area contributed by atoms with Crippen LogP contribution >= 0.6 is 11.8 Å². The van der Waals surface area contributed by atoms with Gasteiger partial charge in [0.2, 0.25) is 0 Å². The zero-order chi connectivity index (χ0) is 13.8. The Morgan fingerprint density at radius 1 is 1.47 bits per heavy atom. The van der Waals surface area contributed by atoms with Crippen molar-refractivity contribution in [3.05, 3.63) is 36.0 Å². The molecule has 0 saturated carbocycles. The van der Waals surface area contributed by atoms with Gasteiger partial charge in [-0.25, -0.2) is 9.78 Å². The summed E-state index contributed by atoms with van der Waals surface area (Å²) in [4.78, 5) is 15.3. The van der Waals surface area contributed by atoms with Gasteiger partial charge < -0.3 is 10.4 Å². The molecule has 1 heterocycles. The summed E-state index contributed by atoms with van der Waals surface area (Å²) in [5.41, 5.74) is 0.0672. The van der Waals surface area contributed by atoms with Crippen LogP contribution in [-0.4, -0.2) is 34.1 Å². The number of carboxylic acid groups (broad SMARTS) is 1. The van der Waals surface area contributed by atoms with Crippen molar-refractivity contribution in [1.29, 1.82) is 0 Å². The van der Waals surface area contributed by atoms with Crippen molar-refractivity contribution in [1.82, 2.24) is 4.98 Å². The number of benzene rings is 1. The Balaban J connectivity index is 2.47. The van der Waals surface area contributed by atoms with Crippen molar-refractivity contribution in [2.45, 2.75) is 13.0 Å². The lowest BCUT2D eigenvalue weighted by molar-refractivity contribution is 0.0691. The molecule has 1 atom stereocenters. The minimum Gasteiger partial charge on any atom is -0.477 e. The first kappa shape index (κ1) is 13.7. The summed E-state index contributed by atoms with van der Waals surface area (Å²) in [6, 6.07) is 9.49. The second-order valence-corrected chi connectivity index (χ2v) is 5.29. The van der Waals surface area contributed by atoms with Gasteiger partial charge in [-0.1, -0.05) is 24.3 Å². The normalized spacial score (nSPS) is 12.3. The largest absolute Gasteiger partial charge is 0.477 e. The van der Waals surface area contributed by atoms with Crippen molar-refractivity contribution >= 4 is 34.3 Å². The first-order valence-electron chi connectivity index (χ1n) is 6.00. The Labute approximate surface area is 116 Å². The van der Waals surface area contributed by atoms with Gasteiger partial charge in [-0.15, -0.1) is 0 Å². The average molecular weight is 276 g/mol. The fourth-order valence-electron chi connectivity index (χ4n) is 1.94. The van der Waals surface area contributed by atoms with Crippen LogP contribution in [0.15, 0.2) is 30.3 Å². The molecule has 19 heavy (non-hydrogen) atoms. The van der Waals surface area contributed by atoms with E-state index in [2.05, 4.69) is 17.2 Å². The molecule has 0 spiro atoms. The molecule has 2 N–H and O–H groups in total. The first-order chi connectivity index (χ1) is 9.11. The van der Waals surface area contributed by atoms with E-state index >= 15 is 0 Å². The van der Waals surface area contributed by atoms with Crippen LogP contribution in [-0.2, 0) is 0 Å². The van der Waals surface area contributed by atoms with Crippen molar-refractivity contribution in [2.24, 2.45) is 0 Å². The van der Waals surface area contributed by atoms with E-state index < -0.39 is 5.97 Å². The van der Waals surface area contributed by atoms with E-state index in [4.69, 9.17) is 5.11 Å². The number of carboxylic acids is 1. The molecule has 4 nitrogen and oxygen atoms in total. The second kappa shape index (κ2) is 5.93. The third kappa shape index (κ3) is 3.17. The van der Waals surface area contributed by atoms with Gasteiger partial charge in [0.15, 0.2) is 5.69 Å². The lowest BCUT2D eigenvalue weighted by Crippen LogP contribution is -2.19. The number of nitrogens with one attached hydrogen (secondary N) is 1. The highest BCUT2D eigenvalue weighted by Gasteiger charge is 2.12. The summed E-state index contributed by atoms with van der Waals surface area (Å²) in [5, 5.41) is 14.2. The van der Waals surface area contributed by atoms with Gasteiger partial charge in [-0.05, 0) is 24.6 Å². The van der Waals surface area contributed by atoms with Gasteiger partial charge >= 0.3 is 5.97 Å². The highest BCUT2D eigenvalue weighted by Crippen LogP contribution is 2.23. The van der Waals surface area contributed by atoms with Crippen molar-refractivity contribution in [3.63, 3.8) is 0 Å². The highest BCUT2D eigenvalue weighted by atomic mass is 32.2. The molecule has 0 aliphatic rings. The third-order valence-electron chi connectivity index (χ3n) is 2.76. The van der Waals surface area contributed by atoms with E-state index in [0.29, 0.717) is 5.82 Å². The minimum atomic E-state index is -1.01. The fraction of sp³-hybridized carbons (Fsp3) is 0.286. The van der Waals surface area contributed by atoms with E-state index in [1.54, 1.807) is 17.8 Å². The Morgan fingerprint density at radius 2 is 2.21 bits per heavy atom. The standard InChI is InChI=1S/C14H16N2O2S/c1-9(8-19-2)15-13-11-6-4-3-5-10(11)7-12(16-13)14(17)18/h3-7,9H,8H2,1-2H3,(H,15,16)(H,17,18). The van der Waals surface area contributed by atoms with Gasteiger partial charge in [-0.3, -0.25) is 0 Å². The minimum absolute atomic E-state index is 0.0672. The maximum absolute atomic E-state index is 11.1. The molecule has 0 fully saturated rings. The predicted octanol–water partition coefficient (Wildman–Crippen LogP) is 3.10. The van der Waals surface area contributed by atoms with Gasteiger partial charge in [0.05, 0.1) is 0 Å². The number of hydrogen-bond donors (Lipinski definition) is 2. The number of fused-ring (bicyclic) bond motifs is 1. The van der Waals surface area contributed by atoms with Gasteiger partial charge in [0, 0.05) is 17.2 Å². The van der Waals surface area contributed by atoms with Crippen LogP contribution in [0.4, 0.5) is 5.82 Å². The number of carbonyl (C=O) groups is 1. The van der Waals surface area contributed by atoms with Crippen LogP contribution in [0.1, 0.15) is 17.4 Å². The maximum Gasteiger partial charge on any atom is 0.354 e. The summed E-state index contributed by atoms with van der Waals surface area (Å²) >= 11 is 1.74. The zero-order valence-electron chi connectivity index (χ0n) is 10.9. The lowest BCUT2D eigenvalue weighted by atomic mass is 10.1. The Bertz CT molecular complexity index is 601. The number of hydrogen-bond acceptors (Lipinski definition) is 4. The monoisotopic (exact) mass is 276 g/mol. The molecule has 100 valence electrons. The molecule has 2 aromatic rings. The average Bonchev–Trinajstić information content (AvgIpc) is 2.38. The molecule has 0 aliphatic heterocycles. The third-order valence-corrected chi connectivity index (χ3v) is 3.59. The zero-order valence-corrected chi connectivity index (χ0v) is 11.7. The van der Waals surface area contributed by atoms with Crippen molar-refractivity contribution < 1.29 is 9.90 Å². The molecule has 1 unspecified atom stereocenters. The van der Waals surface area contributed by atoms with Crippen LogP contribution in [0.3, 0.4) is 0 Å². The van der Waals surface area contributed by atoms with E-state index in [-0.39, 0.29) is 11.7 Å². The van der Waals surface area contributed by atoms with Gasteiger partial charge in [0.1, 0.15) is 5.82 Å². The number of aromatic carboxylic acids is 1. The molecule has 5 heteroatoms. The Morgan fingerprint density at radius 3 is 2.89 bits per heavy atom. The predicted molar refractivity (Wildman–Crippen MR) is 80.2 cm³/mol. The quantitative estimate of drug-likeness (QED) is 0.878. The number of pyridine rings is 1. The van der Waals surface area contributed by atoms with Crippen LogP contribution in [0.2, 0.25) is 0 Å². The van der Waals surface area contributed by atoms with Crippen LogP contribution in [0.25, 0.3) is 10.8 Å². The highest BCUT2D eigenvalue weighted by molar-refractivity contribution is 7.98. The molecule has 1 aromatic heterocycles. The van der Waals surface area contributed by atoms with E-state index in [1.165, 1.54) is 0 Å². The molecule has 1 aromatic carbocycles. The smallest absolute Gasteiger partial charge is 0.354 e. The molecule has 2 rings (SSSR count). The molecular formula is C14H16N2O2S. The van der Waals surface area contributed by atoms with Crippen LogP contribution in [0, 0.1) is 0 Å². The molecule has 0 radical (unpaired) electrons. The second-order valence-electron chi connectivity index (χ2n) is 4.38. The topological polar surface area (TPSA) is 62.2 Å². The molecule has 0 bridgehead atoms. The summed E-state index contributed by atoms with van der Waals surface area (Å²) in [6.45, 7) is 2.06. The summed E-state index contributed by atoms with van der Waals surface area (Å²) in [5.74, 6) is 0.566. The lowest BCUT2D eigenvalue weighted by Gasteiger charge is -2.15. The fourth-order valence-corrected chi connectivity index (χ4v) is 2.53. The van der Waals surface area contributed by atoms with E-state index in [0.717, 1.165) is 16.5 Å². The van der Waals surface area contributed by atoms with Crippen LogP contribution in [0.5, 0.6) is 0 Å². The number of aromatic nitrogens is 1. The summed E-state index contributed by atoms with van der Waals surface area (Å²) in [6.07, 6.45) is 2.04. The molecule has 0 aliphatic carbocycles. The summed E-state index contributed by atoms with van der Waals surface area (Å²) < 4.78 is 0. The Kier molecular flexibility index (Phi) is 4.27. The van der Waals surface area contributed by atoms with Crippen LogP contribution < -0.4 is 5.32 Å². The van der Waals surface area contributed by atoms with Gasteiger partial charge in [0.25, 0.3) is 0 Å². The number of thioether (sulfide) groups is 1. The Hall–Kier alpha value is -1.75. The number of rotatable bonds is 5. The van der Waals surface area contributed by atoms with E-state index in [1.807, 2.05) is 30.5 Å². The van der Waals surface area contributed by atoms with Crippen molar-refractivity contribution in [2.75, 3.05) is 17.3 Å². The molecular weight excluding hydrogens is 260 g/mol. The SMILES string of the molecule is CSCC(C)Nc1nc(C(=O)O)cc2ccccc12. The van der Waals surface area contributed by atoms with Crippen molar-refractivity contribution in [3.8, 4) is 0 Å². The number of nitrogens with zero attached hydrogens (tertiary/aromatic N) is 1. The molecule has 0 saturated heterocycles. The van der Waals surface area contributed by atoms with E-state index in [9.17, 15) is 4.79 Å². The molecule has 0 amide bonds. The van der Waals surface area contributed by atoms with Gasteiger partial charge in [-0.2, -0.15) is 11.8 Å².